The summed E-state index contributed by atoms with van der Waals surface area (Å²) in [6, 6.07) is 19.3. The first-order valence-corrected chi connectivity index (χ1v) is 9.22. The Labute approximate surface area is 146 Å². The van der Waals surface area contributed by atoms with Crippen LogP contribution in [0.5, 0.6) is 5.75 Å². The van der Waals surface area contributed by atoms with E-state index in [1.165, 1.54) is 36.9 Å². The van der Waals surface area contributed by atoms with E-state index < -0.39 is 0 Å². The average Bonchev–Trinajstić information content (AvgIpc) is 2.60. The molecule has 2 aromatic carbocycles. The van der Waals surface area contributed by atoms with Gasteiger partial charge in [-0.05, 0) is 54.9 Å². The zero-order chi connectivity index (χ0) is 16.6. The number of benzene rings is 2. The molecule has 1 fully saturated rings. The quantitative estimate of drug-likeness (QED) is 0.669. The van der Waals surface area contributed by atoms with Crippen molar-refractivity contribution < 1.29 is 4.74 Å². The van der Waals surface area contributed by atoms with Crippen molar-refractivity contribution in [1.82, 2.24) is 4.90 Å². The van der Waals surface area contributed by atoms with Gasteiger partial charge in [0.2, 0.25) is 0 Å². The molecular weight excluding hydrogens is 294 g/mol. The Hall–Kier alpha value is -1.80. The van der Waals surface area contributed by atoms with E-state index in [0.29, 0.717) is 0 Å². The molecule has 0 N–H and O–H groups in total. The van der Waals surface area contributed by atoms with Crippen LogP contribution < -0.4 is 4.74 Å². The fraction of sp³-hybridized carbons (Fsp3) is 0.455. The average molecular weight is 323 g/mol. The lowest BCUT2D eigenvalue weighted by Crippen LogP contribution is -2.35. The van der Waals surface area contributed by atoms with E-state index in [9.17, 15) is 0 Å². The Kier molecular flexibility index (Phi) is 6.31. The van der Waals surface area contributed by atoms with Crippen LogP contribution in [0.2, 0.25) is 0 Å². The fourth-order valence-electron chi connectivity index (χ4n) is 3.38. The van der Waals surface area contributed by atoms with Crippen LogP contribution in [0.25, 0.3) is 0 Å². The molecule has 1 aliphatic carbocycles. The summed E-state index contributed by atoms with van der Waals surface area (Å²) in [5.41, 5.74) is 2.81. The topological polar surface area (TPSA) is 12.5 Å². The summed E-state index contributed by atoms with van der Waals surface area (Å²) in [5.74, 6) is 1.88. The maximum absolute atomic E-state index is 5.34. The third-order valence-corrected chi connectivity index (χ3v) is 5.15. The Morgan fingerprint density at radius 1 is 0.917 bits per heavy atom. The van der Waals surface area contributed by atoms with Crippen molar-refractivity contribution in [1.29, 1.82) is 0 Å². The summed E-state index contributed by atoms with van der Waals surface area (Å²) in [6.45, 7) is 3.55. The van der Waals surface area contributed by atoms with Crippen molar-refractivity contribution in [2.75, 3.05) is 26.7 Å². The van der Waals surface area contributed by atoms with Gasteiger partial charge in [-0.2, -0.15) is 0 Å². The molecule has 0 radical (unpaired) electrons. The molecule has 2 heteroatoms. The van der Waals surface area contributed by atoms with Crippen LogP contribution in [0.3, 0.4) is 0 Å². The van der Waals surface area contributed by atoms with E-state index in [4.69, 9.17) is 4.74 Å². The van der Waals surface area contributed by atoms with Gasteiger partial charge in [-0.3, -0.25) is 0 Å². The molecule has 0 saturated heterocycles. The van der Waals surface area contributed by atoms with Gasteiger partial charge in [0, 0.05) is 19.6 Å². The molecule has 1 saturated carbocycles. The van der Waals surface area contributed by atoms with Gasteiger partial charge >= 0.3 is 0 Å². The van der Waals surface area contributed by atoms with Crippen LogP contribution in [-0.2, 0) is 12.8 Å². The molecule has 0 amide bonds. The maximum Gasteiger partial charge on any atom is 0.119 e. The highest BCUT2D eigenvalue weighted by molar-refractivity contribution is 5.28. The highest BCUT2D eigenvalue weighted by Gasteiger charge is 2.20. The predicted octanol–water partition coefficient (Wildman–Crippen LogP) is 4.58. The Balaban J connectivity index is 1.54. The number of nitrogens with zero attached hydrogens (tertiary/aromatic N) is 1. The van der Waals surface area contributed by atoms with Crippen LogP contribution in [0.4, 0.5) is 0 Å². The summed E-state index contributed by atoms with van der Waals surface area (Å²) in [4.78, 5) is 2.66. The number of ether oxygens (including phenoxy) is 1. The first-order valence-electron chi connectivity index (χ1n) is 9.22. The Bertz CT molecular complexity index is 606. The normalized spacial score (nSPS) is 14.6. The lowest BCUT2D eigenvalue weighted by atomic mass is 9.85. The molecule has 2 nitrogen and oxygen atoms in total. The molecule has 3 rings (SSSR count). The van der Waals surface area contributed by atoms with E-state index in [1.807, 2.05) is 6.07 Å². The lowest BCUT2D eigenvalue weighted by Gasteiger charge is -2.32. The first-order chi connectivity index (χ1) is 11.8. The van der Waals surface area contributed by atoms with E-state index >= 15 is 0 Å². The summed E-state index contributed by atoms with van der Waals surface area (Å²) >= 11 is 0. The Morgan fingerprint density at radius 2 is 1.62 bits per heavy atom. The first kappa shape index (κ1) is 17.0. The van der Waals surface area contributed by atoms with Crippen molar-refractivity contribution in [3.05, 3.63) is 65.7 Å². The van der Waals surface area contributed by atoms with Gasteiger partial charge in [0.15, 0.2) is 0 Å². The molecule has 0 unspecified atom stereocenters. The van der Waals surface area contributed by atoms with Crippen molar-refractivity contribution in [2.24, 2.45) is 5.92 Å². The van der Waals surface area contributed by atoms with Crippen molar-refractivity contribution in [3.63, 3.8) is 0 Å². The molecule has 1 aliphatic rings. The minimum absolute atomic E-state index is 0.922. The highest BCUT2D eigenvalue weighted by atomic mass is 16.5. The summed E-state index contributed by atoms with van der Waals surface area (Å²) in [7, 11) is 1.74. The molecule has 0 bridgehead atoms. The third-order valence-electron chi connectivity index (χ3n) is 5.15. The van der Waals surface area contributed by atoms with Crippen LogP contribution >= 0.6 is 0 Å². The van der Waals surface area contributed by atoms with E-state index in [0.717, 1.165) is 37.6 Å². The third kappa shape index (κ3) is 5.10. The van der Waals surface area contributed by atoms with Crippen LogP contribution in [-0.4, -0.2) is 31.6 Å². The minimum Gasteiger partial charge on any atom is -0.497 e. The molecule has 24 heavy (non-hydrogen) atoms. The molecule has 2 aromatic rings. The van der Waals surface area contributed by atoms with Crippen molar-refractivity contribution in [3.8, 4) is 5.75 Å². The number of methoxy groups -OCH3 is 1. The van der Waals surface area contributed by atoms with Gasteiger partial charge in [0.05, 0.1) is 7.11 Å². The van der Waals surface area contributed by atoms with Gasteiger partial charge in [-0.25, -0.2) is 0 Å². The second kappa shape index (κ2) is 8.89. The van der Waals surface area contributed by atoms with Crippen LogP contribution in [0, 0.1) is 5.92 Å². The van der Waals surface area contributed by atoms with E-state index in [-0.39, 0.29) is 0 Å². The molecule has 0 spiro atoms. The van der Waals surface area contributed by atoms with Gasteiger partial charge in [-0.15, -0.1) is 0 Å². The smallest absolute Gasteiger partial charge is 0.119 e. The minimum atomic E-state index is 0.922. The van der Waals surface area contributed by atoms with Gasteiger partial charge in [-0.1, -0.05) is 48.9 Å². The van der Waals surface area contributed by atoms with Crippen LogP contribution in [0.1, 0.15) is 30.4 Å². The number of hydrogen-bond acceptors (Lipinski definition) is 2. The monoisotopic (exact) mass is 323 g/mol. The summed E-state index contributed by atoms with van der Waals surface area (Å²) < 4.78 is 5.34. The van der Waals surface area contributed by atoms with Gasteiger partial charge in [0.1, 0.15) is 5.75 Å². The highest BCUT2D eigenvalue weighted by Crippen LogP contribution is 2.27. The van der Waals surface area contributed by atoms with Crippen LogP contribution in [0.15, 0.2) is 54.6 Å². The molecule has 0 aliphatic heterocycles. The van der Waals surface area contributed by atoms with E-state index in [2.05, 4.69) is 53.4 Å². The molecular formula is C22H29NO. The number of rotatable bonds is 9. The van der Waals surface area contributed by atoms with Gasteiger partial charge in [0.25, 0.3) is 0 Å². The van der Waals surface area contributed by atoms with Gasteiger partial charge < -0.3 is 9.64 Å². The predicted molar refractivity (Wildman–Crippen MR) is 101 cm³/mol. The fourth-order valence-corrected chi connectivity index (χ4v) is 3.38. The Morgan fingerprint density at radius 3 is 2.29 bits per heavy atom. The zero-order valence-electron chi connectivity index (χ0n) is 14.8. The standard InChI is InChI=1S/C22H29NO/c1-24-22-12-6-9-20(17-22)14-16-23(18-21-10-5-11-21)15-13-19-7-3-2-4-8-19/h2-4,6-9,12,17,21H,5,10-11,13-16,18H2,1H3. The molecule has 0 aromatic heterocycles. The zero-order valence-corrected chi connectivity index (χ0v) is 14.8. The SMILES string of the molecule is COc1cccc(CCN(CCc2ccccc2)CC2CCC2)c1. The van der Waals surface area contributed by atoms with E-state index in [1.54, 1.807) is 7.11 Å². The largest absolute Gasteiger partial charge is 0.497 e. The lowest BCUT2D eigenvalue weighted by molar-refractivity contribution is 0.180. The summed E-state index contributed by atoms with van der Waals surface area (Å²) in [5, 5.41) is 0. The molecule has 0 heterocycles. The van der Waals surface area contributed by atoms with Crippen molar-refractivity contribution >= 4 is 0 Å². The molecule has 0 atom stereocenters. The van der Waals surface area contributed by atoms with Crippen molar-refractivity contribution in [2.45, 2.75) is 32.1 Å². The second-order valence-corrected chi connectivity index (χ2v) is 6.93. The maximum atomic E-state index is 5.34. The number of hydrogen-bond donors (Lipinski definition) is 0. The second-order valence-electron chi connectivity index (χ2n) is 6.93. The summed E-state index contributed by atoms with van der Waals surface area (Å²) in [6.07, 6.45) is 6.50. The molecule has 128 valence electrons.